The molecule has 3 heterocycles. The highest BCUT2D eigenvalue weighted by Gasteiger charge is 2.22. The number of aromatic nitrogens is 2. The second-order valence-corrected chi connectivity index (χ2v) is 13.4. The van der Waals surface area contributed by atoms with Crippen LogP contribution in [0.3, 0.4) is 0 Å². The Hall–Kier alpha value is -5.89. The molecule has 0 atom stereocenters. The number of benzene rings is 6. The Kier molecular flexibility index (Phi) is 5.64. The molecule has 0 spiro atoms. The van der Waals surface area contributed by atoms with E-state index in [1.807, 2.05) is 17.4 Å². The van der Waals surface area contributed by atoms with Crippen molar-refractivity contribution in [2.45, 2.75) is 12.8 Å². The Balaban J connectivity index is 1.30. The van der Waals surface area contributed by atoms with Gasteiger partial charge in [-0.2, -0.15) is 5.26 Å². The van der Waals surface area contributed by atoms with E-state index < -0.39 is 0 Å². The Morgan fingerprint density at radius 2 is 1.45 bits per heavy atom. The molecule has 0 unspecified atom stereocenters. The van der Waals surface area contributed by atoms with Crippen molar-refractivity contribution in [2.24, 2.45) is 0 Å². The van der Waals surface area contributed by atoms with Crippen molar-refractivity contribution < 1.29 is 0 Å². The van der Waals surface area contributed by atoms with Crippen LogP contribution in [-0.4, -0.2) is 9.13 Å². The van der Waals surface area contributed by atoms with Crippen molar-refractivity contribution in [3.8, 4) is 28.6 Å². The van der Waals surface area contributed by atoms with Crippen LogP contribution in [0.5, 0.6) is 0 Å². The van der Waals surface area contributed by atoms with Crippen molar-refractivity contribution in [3.63, 3.8) is 0 Å². The molecule has 0 radical (unpaired) electrons. The molecule has 0 saturated heterocycles. The van der Waals surface area contributed by atoms with Crippen LogP contribution in [0.15, 0.2) is 133 Å². The number of fused-ring (bicyclic) bond motifs is 10. The second kappa shape index (κ2) is 10.1. The van der Waals surface area contributed by atoms with Crippen LogP contribution in [0.2, 0.25) is 0 Å². The largest absolute Gasteiger partial charge is 0.309 e. The minimum atomic E-state index is 0.655. The molecule has 1 aliphatic rings. The second-order valence-electron chi connectivity index (χ2n) is 12.3. The molecule has 9 aromatic rings. The van der Waals surface area contributed by atoms with Crippen LogP contribution in [0.25, 0.3) is 81.5 Å². The molecule has 3 aromatic heterocycles. The van der Waals surface area contributed by atoms with E-state index in [0.717, 1.165) is 35.3 Å². The van der Waals surface area contributed by atoms with Crippen LogP contribution in [-0.2, 0) is 6.42 Å². The molecule has 220 valence electrons. The van der Waals surface area contributed by atoms with Gasteiger partial charge in [-0.25, -0.2) is 0 Å². The van der Waals surface area contributed by atoms with Crippen LogP contribution in [0, 0.1) is 11.3 Å². The van der Waals surface area contributed by atoms with Gasteiger partial charge in [-0.15, -0.1) is 11.3 Å². The number of aryl methyl sites for hydroxylation is 1. The van der Waals surface area contributed by atoms with E-state index in [1.54, 1.807) is 0 Å². The average Bonchev–Trinajstić information content (AvgIpc) is 3.79. The lowest BCUT2D eigenvalue weighted by Gasteiger charge is -2.17. The van der Waals surface area contributed by atoms with Crippen molar-refractivity contribution in [1.82, 2.24) is 9.13 Å². The van der Waals surface area contributed by atoms with E-state index in [-0.39, 0.29) is 0 Å². The summed E-state index contributed by atoms with van der Waals surface area (Å²) in [5.74, 6) is 0. The SMILES string of the molecule is N#Cc1ccc(-n2c3c(c4ccccc42)CCC=C3)c(-c2ccc3c(c2)c2ccc4sc5ccccc5c4c2n3-c2ccccc2)c1. The highest BCUT2D eigenvalue weighted by Crippen LogP contribution is 2.45. The lowest BCUT2D eigenvalue weighted by atomic mass is 9.98. The molecule has 0 N–H and O–H groups in total. The molecule has 0 saturated carbocycles. The third kappa shape index (κ3) is 3.78. The average molecular weight is 618 g/mol. The normalized spacial score (nSPS) is 12.8. The van der Waals surface area contributed by atoms with E-state index >= 15 is 0 Å². The number of rotatable bonds is 3. The fourth-order valence-electron chi connectivity index (χ4n) is 7.81. The molecule has 1 aliphatic carbocycles. The van der Waals surface area contributed by atoms with E-state index in [0.29, 0.717) is 5.56 Å². The summed E-state index contributed by atoms with van der Waals surface area (Å²) in [5, 5.41) is 16.4. The summed E-state index contributed by atoms with van der Waals surface area (Å²) in [4.78, 5) is 0. The maximum atomic E-state index is 10.0. The molecular formula is C43H27N3S. The number of nitrogens with zero attached hydrogens (tertiary/aromatic N) is 3. The topological polar surface area (TPSA) is 33.6 Å². The van der Waals surface area contributed by atoms with Crippen molar-refractivity contribution in [1.29, 1.82) is 5.26 Å². The van der Waals surface area contributed by atoms with Gasteiger partial charge in [0.1, 0.15) is 0 Å². The van der Waals surface area contributed by atoms with Crippen molar-refractivity contribution >= 4 is 70.3 Å². The molecule has 0 fully saturated rings. The summed E-state index contributed by atoms with van der Waals surface area (Å²) < 4.78 is 7.42. The third-order valence-corrected chi connectivity index (χ3v) is 11.0. The zero-order chi connectivity index (χ0) is 31.1. The van der Waals surface area contributed by atoms with Crippen LogP contribution >= 0.6 is 11.3 Å². The number of thiophene rings is 1. The molecule has 0 bridgehead atoms. The number of hydrogen-bond acceptors (Lipinski definition) is 2. The van der Waals surface area contributed by atoms with E-state index in [2.05, 4.69) is 149 Å². The van der Waals surface area contributed by atoms with Crippen molar-refractivity contribution in [2.75, 3.05) is 0 Å². The molecular weight excluding hydrogens is 591 g/mol. The van der Waals surface area contributed by atoms with Gasteiger partial charge in [0.2, 0.25) is 0 Å². The summed E-state index contributed by atoms with van der Waals surface area (Å²) in [6.07, 6.45) is 6.63. The molecule has 47 heavy (non-hydrogen) atoms. The third-order valence-electron chi connectivity index (χ3n) is 9.82. The van der Waals surface area contributed by atoms with Gasteiger partial charge in [-0.05, 0) is 90.7 Å². The summed E-state index contributed by atoms with van der Waals surface area (Å²) >= 11 is 1.85. The smallest absolute Gasteiger partial charge is 0.0991 e. The predicted molar refractivity (Wildman–Crippen MR) is 198 cm³/mol. The Morgan fingerprint density at radius 3 is 2.34 bits per heavy atom. The Morgan fingerprint density at radius 1 is 0.638 bits per heavy atom. The summed E-state index contributed by atoms with van der Waals surface area (Å²) in [6.45, 7) is 0. The van der Waals surface area contributed by atoms with Crippen molar-refractivity contribution in [3.05, 3.63) is 150 Å². The van der Waals surface area contributed by atoms with Gasteiger partial charge in [-0.1, -0.05) is 72.8 Å². The van der Waals surface area contributed by atoms with E-state index in [9.17, 15) is 5.26 Å². The Bertz CT molecular complexity index is 2800. The molecule has 0 aliphatic heterocycles. The maximum absolute atomic E-state index is 10.0. The highest BCUT2D eigenvalue weighted by atomic mass is 32.1. The fraction of sp³-hybridized carbons (Fsp3) is 0.0465. The maximum Gasteiger partial charge on any atom is 0.0991 e. The zero-order valence-corrected chi connectivity index (χ0v) is 26.3. The minimum absolute atomic E-state index is 0.655. The van der Waals surface area contributed by atoms with Gasteiger partial charge in [0.15, 0.2) is 0 Å². The quantitative estimate of drug-likeness (QED) is 0.194. The molecule has 4 heteroatoms. The van der Waals surface area contributed by atoms with E-state index in [4.69, 9.17) is 0 Å². The number of allylic oxidation sites excluding steroid dienone is 1. The van der Waals surface area contributed by atoms with Gasteiger partial charge in [-0.3, -0.25) is 0 Å². The molecule has 6 aromatic carbocycles. The lowest BCUT2D eigenvalue weighted by Crippen LogP contribution is -2.02. The first-order valence-electron chi connectivity index (χ1n) is 16.1. The van der Waals surface area contributed by atoms with Crippen LogP contribution < -0.4 is 0 Å². The van der Waals surface area contributed by atoms with Crippen LogP contribution in [0.1, 0.15) is 23.2 Å². The first-order valence-corrected chi connectivity index (χ1v) is 16.9. The first kappa shape index (κ1) is 26.3. The van der Waals surface area contributed by atoms with Gasteiger partial charge < -0.3 is 9.13 Å². The zero-order valence-electron chi connectivity index (χ0n) is 25.4. The van der Waals surface area contributed by atoms with Gasteiger partial charge >= 0.3 is 0 Å². The van der Waals surface area contributed by atoms with Crippen LogP contribution in [0.4, 0.5) is 0 Å². The Labute approximate surface area is 275 Å². The monoisotopic (exact) mass is 617 g/mol. The number of nitriles is 1. The summed E-state index contributed by atoms with van der Waals surface area (Å²) in [7, 11) is 0. The standard InChI is InChI=1S/C43H27N3S/c44-26-27-18-21-38(46-36-15-7-4-12-30(36)31-13-5-8-16-37(31)46)34(24-27)28-19-22-39-35(25-28)32-20-23-41-42(33-14-6-9-17-40(33)47-41)43(32)45(39)29-10-2-1-3-11-29/h1-4,6-12,14-25H,5,13H2. The van der Waals surface area contributed by atoms with E-state index in [1.165, 1.54) is 64.1 Å². The predicted octanol–water partition coefficient (Wildman–Crippen LogP) is 11.6. The minimum Gasteiger partial charge on any atom is -0.309 e. The molecule has 10 rings (SSSR count). The molecule has 0 amide bonds. The van der Waals surface area contributed by atoms with Gasteiger partial charge in [0.05, 0.1) is 33.9 Å². The van der Waals surface area contributed by atoms with Gasteiger partial charge in [0, 0.05) is 53.3 Å². The highest BCUT2D eigenvalue weighted by molar-refractivity contribution is 7.26. The summed E-state index contributed by atoms with van der Waals surface area (Å²) in [6, 6.07) is 48.1. The van der Waals surface area contributed by atoms with Gasteiger partial charge in [0.25, 0.3) is 0 Å². The first-order chi connectivity index (χ1) is 23.3. The fourth-order valence-corrected chi connectivity index (χ4v) is 8.91. The number of hydrogen-bond donors (Lipinski definition) is 0. The molecule has 3 nitrogen and oxygen atoms in total. The number of para-hydroxylation sites is 2. The lowest BCUT2D eigenvalue weighted by molar-refractivity contribution is 0.968. The summed E-state index contributed by atoms with van der Waals surface area (Å²) in [5.41, 5.74) is 11.3.